The van der Waals surface area contributed by atoms with Gasteiger partial charge in [-0.2, -0.15) is 0 Å². The van der Waals surface area contributed by atoms with E-state index in [1.807, 2.05) is 28.0 Å². The first kappa shape index (κ1) is 25.2. The number of likely N-dealkylation sites (N-methyl/N-ethyl adjacent to an activating group) is 1. The first-order valence-corrected chi connectivity index (χ1v) is 14.9. The third kappa shape index (κ3) is 4.94. The lowest BCUT2D eigenvalue weighted by atomic mass is 9.53. The van der Waals surface area contributed by atoms with Gasteiger partial charge in [-0.15, -0.1) is 23.1 Å². The molecule has 2 fully saturated rings. The topological polar surface area (TPSA) is 56.7 Å². The van der Waals surface area contributed by atoms with Crippen LogP contribution in [0.5, 0.6) is 0 Å². The SMILES string of the molecule is CC(C(=O)N1CCN(C)CC1)C1CCC2(C)Cc3sc(CSc4ccccc4)nc3C(C)C2C1O. The second-order valence-corrected chi connectivity index (χ2v) is 13.5. The number of thioether (sulfide) groups is 1. The number of thiazole rings is 1. The van der Waals surface area contributed by atoms with Gasteiger partial charge in [-0.25, -0.2) is 4.98 Å². The molecule has 2 aromatic rings. The number of rotatable bonds is 5. The predicted octanol–water partition coefficient (Wildman–Crippen LogP) is 4.90. The normalized spacial score (nSPS) is 32.1. The van der Waals surface area contributed by atoms with Gasteiger partial charge in [0, 0.05) is 47.8 Å². The van der Waals surface area contributed by atoms with E-state index >= 15 is 0 Å². The highest BCUT2D eigenvalue weighted by Crippen LogP contribution is 2.57. The lowest BCUT2D eigenvalue weighted by Gasteiger charge is -2.53. The van der Waals surface area contributed by atoms with Crippen LogP contribution in [0, 0.1) is 23.2 Å². The van der Waals surface area contributed by atoms with Gasteiger partial charge in [0.2, 0.25) is 5.91 Å². The van der Waals surface area contributed by atoms with Crippen molar-refractivity contribution in [1.82, 2.24) is 14.8 Å². The fraction of sp³-hybridized carbons (Fsp3) is 0.643. The number of hydrogen-bond donors (Lipinski definition) is 1. The number of hydrogen-bond acceptors (Lipinski definition) is 6. The van der Waals surface area contributed by atoms with Crippen molar-refractivity contribution in [3.05, 3.63) is 45.9 Å². The fourth-order valence-electron chi connectivity index (χ4n) is 6.82. The van der Waals surface area contributed by atoms with Crippen molar-refractivity contribution in [3.63, 3.8) is 0 Å². The Kier molecular flexibility index (Phi) is 7.33. The molecule has 35 heavy (non-hydrogen) atoms. The second kappa shape index (κ2) is 10.2. The Bertz CT molecular complexity index is 1040. The van der Waals surface area contributed by atoms with E-state index in [1.165, 1.54) is 20.5 Å². The molecule has 2 heterocycles. The standard InChI is InChI=1S/C28H39N3O2S2/c1-18(27(33)31-14-12-30(4)13-15-31)21-10-11-28(3)16-22-25(19(2)24(28)26(21)32)29-23(35-22)17-34-20-8-6-5-7-9-20/h5-9,18-19,21,24,26,32H,10-17H2,1-4H3. The molecule has 0 spiro atoms. The Morgan fingerprint density at radius 2 is 1.97 bits per heavy atom. The third-order valence-electron chi connectivity index (χ3n) is 8.92. The van der Waals surface area contributed by atoms with Crippen LogP contribution in [0.3, 0.4) is 0 Å². The lowest BCUT2D eigenvalue weighted by Crippen LogP contribution is -2.55. The molecular formula is C28H39N3O2S2. The van der Waals surface area contributed by atoms with Crippen LogP contribution < -0.4 is 0 Å². The summed E-state index contributed by atoms with van der Waals surface area (Å²) in [5, 5.41) is 12.9. The largest absolute Gasteiger partial charge is 0.392 e. The fourth-order valence-corrected chi connectivity index (χ4v) is 9.10. The molecule has 1 saturated carbocycles. The Morgan fingerprint density at radius 1 is 1.26 bits per heavy atom. The molecule has 6 atom stereocenters. The van der Waals surface area contributed by atoms with Crippen LogP contribution in [0.4, 0.5) is 0 Å². The van der Waals surface area contributed by atoms with E-state index in [0.29, 0.717) is 0 Å². The van der Waals surface area contributed by atoms with Crippen molar-refractivity contribution >= 4 is 29.0 Å². The molecule has 1 aromatic heterocycles. The van der Waals surface area contributed by atoms with Crippen molar-refractivity contribution in [1.29, 1.82) is 0 Å². The molecule has 1 amide bonds. The summed E-state index contributed by atoms with van der Waals surface area (Å²) in [6.45, 7) is 10.1. The highest BCUT2D eigenvalue weighted by atomic mass is 32.2. The van der Waals surface area contributed by atoms with E-state index in [2.05, 4.69) is 63.1 Å². The minimum absolute atomic E-state index is 0.0240. The van der Waals surface area contributed by atoms with E-state index in [-0.39, 0.29) is 35.0 Å². The Labute approximate surface area is 218 Å². The first-order chi connectivity index (χ1) is 16.8. The van der Waals surface area contributed by atoms with Gasteiger partial charge in [0.1, 0.15) is 5.01 Å². The summed E-state index contributed by atoms with van der Waals surface area (Å²) in [4.78, 5) is 25.4. The van der Waals surface area contributed by atoms with Crippen LogP contribution in [-0.4, -0.2) is 65.1 Å². The molecule has 190 valence electrons. The number of aliphatic hydroxyl groups is 1. The van der Waals surface area contributed by atoms with Crippen LogP contribution >= 0.6 is 23.1 Å². The maximum atomic E-state index is 13.3. The summed E-state index contributed by atoms with van der Waals surface area (Å²) in [5.74, 6) is 1.35. The summed E-state index contributed by atoms with van der Waals surface area (Å²) in [7, 11) is 2.11. The van der Waals surface area contributed by atoms with Gasteiger partial charge in [0.25, 0.3) is 0 Å². The van der Waals surface area contributed by atoms with E-state index in [4.69, 9.17) is 4.98 Å². The molecule has 6 unspecified atom stereocenters. The van der Waals surface area contributed by atoms with Gasteiger partial charge in [-0.3, -0.25) is 4.79 Å². The van der Waals surface area contributed by atoms with Crippen molar-refractivity contribution in [3.8, 4) is 0 Å². The lowest BCUT2D eigenvalue weighted by molar-refractivity contribution is -0.146. The molecule has 1 aliphatic heterocycles. The van der Waals surface area contributed by atoms with Gasteiger partial charge in [-0.1, -0.05) is 39.0 Å². The number of carbonyl (C=O) groups is 1. The molecule has 1 aromatic carbocycles. The second-order valence-electron chi connectivity index (χ2n) is 11.3. The Hall–Kier alpha value is -1.41. The number of piperazine rings is 1. The van der Waals surface area contributed by atoms with Gasteiger partial charge in [0.05, 0.1) is 17.6 Å². The maximum absolute atomic E-state index is 13.3. The quantitative estimate of drug-likeness (QED) is 0.577. The van der Waals surface area contributed by atoms with Crippen molar-refractivity contribution in [2.75, 3.05) is 33.2 Å². The van der Waals surface area contributed by atoms with Gasteiger partial charge < -0.3 is 14.9 Å². The zero-order chi connectivity index (χ0) is 24.7. The number of aromatic nitrogens is 1. The van der Waals surface area contributed by atoms with Gasteiger partial charge >= 0.3 is 0 Å². The predicted molar refractivity (Wildman–Crippen MR) is 144 cm³/mol. The average Bonchev–Trinajstić information content (AvgIpc) is 3.25. The van der Waals surface area contributed by atoms with E-state index < -0.39 is 6.10 Å². The number of benzene rings is 1. The summed E-state index contributed by atoms with van der Waals surface area (Å²) in [6, 6.07) is 10.5. The van der Waals surface area contributed by atoms with E-state index in [0.717, 1.165) is 51.2 Å². The zero-order valence-corrected chi connectivity index (χ0v) is 23.1. The molecule has 3 aliphatic rings. The van der Waals surface area contributed by atoms with Crippen LogP contribution in [0.2, 0.25) is 0 Å². The highest BCUT2D eigenvalue weighted by Gasteiger charge is 2.54. The number of nitrogens with zero attached hydrogens (tertiary/aromatic N) is 3. The van der Waals surface area contributed by atoms with E-state index in [9.17, 15) is 9.90 Å². The summed E-state index contributed by atoms with van der Waals surface area (Å²) < 4.78 is 0. The zero-order valence-electron chi connectivity index (χ0n) is 21.4. The van der Waals surface area contributed by atoms with Crippen molar-refractivity contribution in [2.45, 2.75) is 62.7 Å². The third-order valence-corrected chi connectivity index (χ3v) is 11.2. The number of carbonyl (C=O) groups excluding carboxylic acids is 1. The average molecular weight is 514 g/mol. The first-order valence-electron chi connectivity index (χ1n) is 13.1. The van der Waals surface area contributed by atoms with E-state index in [1.54, 1.807) is 0 Å². The number of fused-ring (bicyclic) bond motifs is 2. The monoisotopic (exact) mass is 513 g/mol. The molecule has 2 aliphatic carbocycles. The summed E-state index contributed by atoms with van der Waals surface area (Å²) >= 11 is 3.70. The molecule has 1 saturated heterocycles. The van der Waals surface area contributed by atoms with Gasteiger partial charge in [-0.05, 0) is 55.7 Å². The van der Waals surface area contributed by atoms with Crippen molar-refractivity contribution in [2.24, 2.45) is 23.2 Å². The Morgan fingerprint density at radius 3 is 2.69 bits per heavy atom. The smallest absolute Gasteiger partial charge is 0.225 e. The number of amides is 1. The van der Waals surface area contributed by atoms with Crippen LogP contribution in [0.25, 0.3) is 0 Å². The number of aliphatic hydroxyl groups excluding tert-OH is 1. The van der Waals surface area contributed by atoms with Crippen LogP contribution in [0.1, 0.15) is 55.1 Å². The van der Waals surface area contributed by atoms with Crippen molar-refractivity contribution < 1.29 is 9.90 Å². The maximum Gasteiger partial charge on any atom is 0.225 e. The molecule has 1 N–H and O–H groups in total. The molecule has 0 radical (unpaired) electrons. The molecular weight excluding hydrogens is 474 g/mol. The van der Waals surface area contributed by atoms with Crippen LogP contribution in [0.15, 0.2) is 35.2 Å². The summed E-state index contributed by atoms with van der Waals surface area (Å²) in [6.07, 6.45) is 2.52. The summed E-state index contributed by atoms with van der Waals surface area (Å²) in [5.41, 5.74) is 1.26. The Balaban J connectivity index is 1.30. The molecule has 7 heteroatoms. The van der Waals surface area contributed by atoms with Gasteiger partial charge in [0.15, 0.2) is 0 Å². The highest BCUT2D eigenvalue weighted by molar-refractivity contribution is 7.98. The molecule has 5 nitrogen and oxygen atoms in total. The molecule has 5 rings (SSSR count). The molecule has 0 bridgehead atoms. The minimum Gasteiger partial charge on any atom is -0.392 e. The minimum atomic E-state index is -0.466. The van der Waals surface area contributed by atoms with Crippen LogP contribution in [-0.2, 0) is 17.0 Å².